The number of rotatable bonds is 5. The zero-order valence-electron chi connectivity index (χ0n) is 10.7. The molecule has 1 atom stereocenters. The molecule has 0 bridgehead atoms. The number of aliphatic hydroxyl groups excluding tert-OH is 1. The van der Waals surface area contributed by atoms with Crippen LogP contribution in [0.5, 0.6) is 0 Å². The Hall–Kier alpha value is -1.87. The Labute approximate surface area is 112 Å². The fourth-order valence-corrected chi connectivity index (χ4v) is 2.13. The van der Waals surface area contributed by atoms with E-state index < -0.39 is 6.10 Å². The highest BCUT2D eigenvalue weighted by Gasteiger charge is 2.11. The third-order valence-electron chi connectivity index (χ3n) is 3.19. The molecule has 0 radical (unpaired) electrons. The first-order valence-electron chi connectivity index (χ1n) is 6.44. The molecule has 0 aliphatic rings. The van der Waals surface area contributed by atoms with Gasteiger partial charge in [0.1, 0.15) is 5.82 Å². The third-order valence-corrected chi connectivity index (χ3v) is 3.19. The Morgan fingerprint density at radius 2 is 1.84 bits per heavy atom. The highest BCUT2D eigenvalue weighted by molar-refractivity contribution is 5.47. The number of hydrogen-bond donors (Lipinski definition) is 2. The second kappa shape index (κ2) is 6.34. The lowest BCUT2D eigenvalue weighted by atomic mass is 10.00. The van der Waals surface area contributed by atoms with Crippen LogP contribution in [0.3, 0.4) is 0 Å². The lowest BCUT2D eigenvalue weighted by molar-refractivity contribution is 0.165. The van der Waals surface area contributed by atoms with Gasteiger partial charge in [0.2, 0.25) is 0 Å². The Balaban J connectivity index is 1.91. The summed E-state index contributed by atoms with van der Waals surface area (Å²) in [5, 5.41) is 10.1. The molecule has 0 saturated heterocycles. The minimum Gasteiger partial charge on any atom is -0.398 e. The third kappa shape index (κ3) is 3.80. The average Bonchev–Trinajstić information content (AvgIpc) is 2.42. The van der Waals surface area contributed by atoms with Gasteiger partial charge in [-0.1, -0.05) is 30.3 Å². The number of aliphatic hydroxyl groups is 1. The molecule has 3 heteroatoms. The van der Waals surface area contributed by atoms with Crippen molar-refractivity contribution in [3.63, 3.8) is 0 Å². The van der Waals surface area contributed by atoms with E-state index in [1.807, 2.05) is 18.2 Å². The fourth-order valence-electron chi connectivity index (χ4n) is 2.13. The van der Waals surface area contributed by atoms with Crippen molar-refractivity contribution >= 4 is 5.69 Å². The quantitative estimate of drug-likeness (QED) is 0.808. The summed E-state index contributed by atoms with van der Waals surface area (Å²) in [6, 6.07) is 14.2. The number of nitrogen functional groups attached to an aromatic ring is 1. The summed E-state index contributed by atoms with van der Waals surface area (Å²) >= 11 is 0. The number of hydrogen-bond acceptors (Lipinski definition) is 2. The normalized spacial score (nSPS) is 12.3. The van der Waals surface area contributed by atoms with Gasteiger partial charge in [-0.05, 0) is 43.0 Å². The van der Waals surface area contributed by atoms with Gasteiger partial charge in [-0.3, -0.25) is 0 Å². The molecule has 0 spiro atoms. The highest BCUT2D eigenvalue weighted by Crippen LogP contribution is 2.25. The molecule has 3 N–H and O–H groups in total. The van der Waals surface area contributed by atoms with Crippen LogP contribution in [-0.4, -0.2) is 5.11 Å². The molecule has 0 fully saturated rings. The first-order valence-corrected chi connectivity index (χ1v) is 6.44. The Kier molecular flexibility index (Phi) is 4.53. The van der Waals surface area contributed by atoms with E-state index in [-0.39, 0.29) is 5.82 Å². The standard InChI is InChI=1S/C16H18FNO/c17-13-9-10-15(18)14(11-13)16(19)8-4-7-12-5-2-1-3-6-12/h1-3,5-6,9-11,16,19H,4,7-8,18H2. The molecule has 0 saturated carbocycles. The van der Waals surface area contributed by atoms with E-state index >= 15 is 0 Å². The minimum atomic E-state index is -0.709. The summed E-state index contributed by atoms with van der Waals surface area (Å²) < 4.78 is 13.1. The minimum absolute atomic E-state index is 0.369. The van der Waals surface area contributed by atoms with Crippen molar-refractivity contribution in [3.05, 3.63) is 65.5 Å². The van der Waals surface area contributed by atoms with E-state index in [1.54, 1.807) is 0 Å². The average molecular weight is 259 g/mol. The van der Waals surface area contributed by atoms with Crippen LogP contribution >= 0.6 is 0 Å². The molecular weight excluding hydrogens is 241 g/mol. The summed E-state index contributed by atoms with van der Waals surface area (Å²) in [7, 11) is 0. The van der Waals surface area contributed by atoms with Crippen LogP contribution in [0.4, 0.5) is 10.1 Å². The van der Waals surface area contributed by atoms with Crippen molar-refractivity contribution < 1.29 is 9.50 Å². The predicted octanol–water partition coefficient (Wildman–Crippen LogP) is 3.46. The Morgan fingerprint density at radius 3 is 2.58 bits per heavy atom. The van der Waals surface area contributed by atoms with E-state index in [9.17, 15) is 9.50 Å². The second-order valence-corrected chi connectivity index (χ2v) is 4.67. The van der Waals surface area contributed by atoms with Gasteiger partial charge < -0.3 is 10.8 Å². The number of benzene rings is 2. The van der Waals surface area contributed by atoms with Crippen molar-refractivity contribution in [3.8, 4) is 0 Å². The lowest BCUT2D eigenvalue weighted by Gasteiger charge is -2.13. The largest absolute Gasteiger partial charge is 0.398 e. The lowest BCUT2D eigenvalue weighted by Crippen LogP contribution is -2.03. The molecule has 0 aromatic heterocycles. The van der Waals surface area contributed by atoms with Crippen molar-refractivity contribution in [1.29, 1.82) is 0 Å². The summed E-state index contributed by atoms with van der Waals surface area (Å²) in [5.74, 6) is -0.369. The highest BCUT2D eigenvalue weighted by atomic mass is 19.1. The van der Waals surface area contributed by atoms with E-state index in [2.05, 4.69) is 12.1 Å². The number of halogens is 1. The summed E-state index contributed by atoms with van der Waals surface area (Å²) in [6.07, 6.45) is 1.59. The van der Waals surface area contributed by atoms with Crippen LogP contribution in [-0.2, 0) is 6.42 Å². The van der Waals surface area contributed by atoms with Crippen LogP contribution in [0, 0.1) is 5.82 Å². The zero-order valence-corrected chi connectivity index (χ0v) is 10.7. The second-order valence-electron chi connectivity index (χ2n) is 4.67. The number of nitrogens with two attached hydrogens (primary N) is 1. The van der Waals surface area contributed by atoms with Crippen molar-refractivity contribution in [2.75, 3.05) is 5.73 Å². The van der Waals surface area contributed by atoms with Crippen LogP contribution in [0.2, 0.25) is 0 Å². The molecular formula is C16H18FNO. The number of aryl methyl sites for hydroxylation is 1. The van der Waals surface area contributed by atoms with E-state index in [0.717, 1.165) is 12.8 Å². The summed E-state index contributed by atoms with van der Waals surface area (Å²) in [5.41, 5.74) is 7.90. The van der Waals surface area contributed by atoms with Crippen LogP contribution in [0.1, 0.15) is 30.1 Å². The Morgan fingerprint density at radius 1 is 1.11 bits per heavy atom. The molecule has 2 rings (SSSR count). The molecule has 2 aromatic rings. The van der Waals surface area contributed by atoms with Gasteiger partial charge in [0.05, 0.1) is 6.10 Å². The van der Waals surface area contributed by atoms with Crippen molar-refractivity contribution in [2.24, 2.45) is 0 Å². The molecule has 0 aliphatic heterocycles. The molecule has 1 unspecified atom stereocenters. The van der Waals surface area contributed by atoms with Gasteiger partial charge in [-0.15, -0.1) is 0 Å². The smallest absolute Gasteiger partial charge is 0.123 e. The van der Waals surface area contributed by atoms with Gasteiger partial charge in [-0.25, -0.2) is 4.39 Å². The Bertz CT molecular complexity index is 528. The molecule has 2 aromatic carbocycles. The molecule has 19 heavy (non-hydrogen) atoms. The van der Waals surface area contributed by atoms with Crippen LogP contribution < -0.4 is 5.73 Å². The summed E-state index contributed by atoms with van der Waals surface area (Å²) in [4.78, 5) is 0. The molecule has 0 aliphatic carbocycles. The SMILES string of the molecule is Nc1ccc(F)cc1C(O)CCCc1ccccc1. The maximum absolute atomic E-state index is 13.1. The van der Waals surface area contributed by atoms with Crippen LogP contribution in [0.25, 0.3) is 0 Å². The molecule has 0 amide bonds. The topological polar surface area (TPSA) is 46.2 Å². The maximum atomic E-state index is 13.1. The molecule has 2 nitrogen and oxygen atoms in total. The van der Waals surface area contributed by atoms with E-state index in [0.29, 0.717) is 17.7 Å². The predicted molar refractivity (Wildman–Crippen MR) is 75.2 cm³/mol. The first kappa shape index (κ1) is 13.6. The first-order chi connectivity index (χ1) is 9.16. The summed E-state index contributed by atoms with van der Waals surface area (Å²) in [6.45, 7) is 0. The van der Waals surface area contributed by atoms with E-state index in [1.165, 1.54) is 23.8 Å². The van der Waals surface area contributed by atoms with Gasteiger partial charge in [0.25, 0.3) is 0 Å². The number of anilines is 1. The van der Waals surface area contributed by atoms with E-state index in [4.69, 9.17) is 5.73 Å². The maximum Gasteiger partial charge on any atom is 0.123 e. The van der Waals surface area contributed by atoms with Gasteiger partial charge >= 0.3 is 0 Å². The van der Waals surface area contributed by atoms with Crippen molar-refractivity contribution in [1.82, 2.24) is 0 Å². The monoisotopic (exact) mass is 259 g/mol. The van der Waals surface area contributed by atoms with Gasteiger partial charge in [-0.2, -0.15) is 0 Å². The fraction of sp³-hybridized carbons (Fsp3) is 0.250. The van der Waals surface area contributed by atoms with Gasteiger partial charge in [0.15, 0.2) is 0 Å². The molecule has 0 heterocycles. The van der Waals surface area contributed by atoms with Crippen LogP contribution in [0.15, 0.2) is 48.5 Å². The molecule has 100 valence electrons. The zero-order chi connectivity index (χ0) is 13.7. The van der Waals surface area contributed by atoms with Crippen molar-refractivity contribution in [2.45, 2.75) is 25.4 Å². The van der Waals surface area contributed by atoms with Gasteiger partial charge in [0, 0.05) is 11.3 Å².